The third-order valence-corrected chi connectivity index (χ3v) is 3.81. The van der Waals surface area contributed by atoms with E-state index in [4.69, 9.17) is 21.9 Å². The molecule has 3 aromatic rings. The summed E-state index contributed by atoms with van der Waals surface area (Å²) >= 11 is 6.34. The van der Waals surface area contributed by atoms with Crippen LogP contribution < -0.4 is 5.73 Å². The van der Waals surface area contributed by atoms with Crippen LogP contribution in [0.3, 0.4) is 0 Å². The highest BCUT2D eigenvalue weighted by molar-refractivity contribution is 6.33. The summed E-state index contributed by atoms with van der Waals surface area (Å²) in [6, 6.07) is 13.8. The summed E-state index contributed by atoms with van der Waals surface area (Å²) in [7, 11) is 0. The Morgan fingerprint density at radius 2 is 1.81 bits per heavy atom. The zero-order chi connectivity index (χ0) is 15.0. The molecule has 0 amide bonds. The molecule has 0 aliphatic heterocycles. The van der Waals surface area contributed by atoms with Gasteiger partial charge in [-0.2, -0.15) is 0 Å². The van der Waals surface area contributed by atoms with Gasteiger partial charge in [0.1, 0.15) is 0 Å². The van der Waals surface area contributed by atoms with Crippen molar-refractivity contribution < 1.29 is 4.52 Å². The molecule has 0 aliphatic rings. The van der Waals surface area contributed by atoms with Crippen LogP contribution in [0.1, 0.15) is 11.1 Å². The predicted molar refractivity (Wildman–Crippen MR) is 86.3 cm³/mol. The van der Waals surface area contributed by atoms with Crippen LogP contribution >= 0.6 is 11.6 Å². The van der Waals surface area contributed by atoms with Crippen molar-refractivity contribution in [2.75, 3.05) is 5.73 Å². The molecule has 3 rings (SSSR count). The van der Waals surface area contributed by atoms with E-state index in [9.17, 15) is 0 Å². The number of rotatable bonds is 2. The van der Waals surface area contributed by atoms with Crippen LogP contribution in [0.15, 0.2) is 47.0 Å². The van der Waals surface area contributed by atoms with Crippen molar-refractivity contribution in [1.82, 2.24) is 5.16 Å². The number of nitrogen functional groups attached to an aromatic ring is 1. The molecule has 2 aromatic carbocycles. The van der Waals surface area contributed by atoms with Gasteiger partial charge in [-0.1, -0.05) is 47.1 Å². The van der Waals surface area contributed by atoms with Gasteiger partial charge in [0.25, 0.3) is 0 Å². The molecular formula is C17H15ClN2O. The van der Waals surface area contributed by atoms with E-state index in [-0.39, 0.29) is 0 Å². The van der Waals surface area contributed by atoms with E-state index in [2.05, 4.69) is 5.16 Å². The average Bonchev–Trinajstić information content (AvgIpc) is 2.81. The molecule has 0 aliphatic carbocycles. The van der Waals surface area contributed by atoms with Crippen LogP contribution in [-0.4, -0.2) is 5.16 Å². The normalized spacial score (nSPS) is 10.8. The molecule has 1 heterocycles. The Labute approximate surface area is 128 Å². The largest absolute Gasteiger partial charge is 0.380 e. The van der Waals surface area contributed by atoms with E-state index in [1.165, 1.54) is 0 Å². The number of aromatic nitrogens is 1. The first-order chi connectivity index (χ1) is 10.1. The van der Waals surface area contributed by atoms with Gasteiger partial charge in [0.05, 0.1) is 10.6 Å². The fraction of sp³-hybridized carbons (Fsp3) is 0.118. The first-order valence-corrected chi connectivity index (χ1v) is 7.03. The highest BCUT2D eigenvalue weighted by Crippen LogP contribution is 2.40. The summed E-state index contributed by atoms with van der Waals surface area (Å²) in [6.45, 7) is 4.02. The smallest absolute Gasteiger partial charge is 0.178 e. The van der Waals surface area contributed by atoms with Gasteiger partial charge in [0.2, 0.25) is 0 Å². The van der Waals surface area contributed by atoms with Crippen LogP contribution in [0.5, 0.6) is 0 Å². The minimum atomic E-state index is 0.371. The maximum Gasteiger partial charge on any atom is 0.178 e. The summed E-state index contributed by atoms with van der Waals surface area (Å²) in [4.78, 5) is 0. The molecule has 0 bridgehead atoms. The lowest BCUT2D eigenvalue weighted by atomic mass is 9.97. The Hall–Kier alpha value is -2.26. The lowest BCUT2D eigenvalue weighted by Gasteiger charge is -2.07. The minimum absolute atomic E-state index is 0.371. The summed E-state index contributed by atoms with van der Waals surface area (Å²) in [5, 5.41) is 4.54. The van der Waals surface area contributed by atoms with Crippen molar-refractivity contribution in [2.24, 2.45) is 0 Å². The standard InChI is InChI=1S/C17H15ClN2O/c1-10-7-8-13(14(18)9-10)16-15(17(19)20-21-16)12-6-4-3-5-11(12)2/h3-9H,1-2H3,(H2,19,20). The van der Waals surface area contributed by atoms with Crippen LogP contribution in [-0.2, 0) is 0 Å². The molecule has 106 valence electrons. The second kappa shape index (κ2) is 5.26. The molecule has 0 atom stereocenters. The first kappa shape index (κ1) is 13.7. The van der Waals surface area contributed by atoms with Gasteiger partial charge >= 0.3 is 0 Å². The van der Waals surface area contributed by atoms with Gasteiger partial charge in [-0.3, -0.25) is 0 Å². The number of hydrogen-bond donors (Lipinski definition) is 1. The highest BCUT2D eigenvalue weighted by Gasteiger charge is 2.20. The van der Waals surface area contributed by atoms with Gasteiger partial charge in [-0.25, -0.2) is 0 Å². The SMILES string of the molecule is Cc1ccc(-c2onc(N)c2-c2ccccc2C)c(Cl)c1. The van der Waals surface area contributed by atoms with E-state index >= 15 is 0 Å². The van der Waals surface area contributed by atoms with Crippen molar-refractivity contribution >= 4 is 17.4 Å². The summed E-state index contributed by atoms with van der Waals surface area (Å²) < 4.78 is 5.45. The van der Waals surface area contributed by atoms with Gasteiger partial charge in [0, 0.05) is 5.56 Å². The number of anilines is 1. The molecule has 0 saturated heterocycles. The third kappa shape index (κ3) is 2.41. The van der Waals surface area contributed by atoms with Crippen LogP contribution in [0.4, 0.5) is 5.82 Å². The monoisotopic (exact) mass is 298 g/mol. The van der Waals surface area contributed by atoms with Gasteiger partial charge < -0.3 is 10.3 Å². The molecule has 3 nitrogen and oxygen atoms in total. The average molecular weight is 299 g/mol. The Balaban J connectivity index is 2.25. The second-order valence-electron chi connectivity index (χ2n) is 5.07. The van der Waals surface area contributed by atoms with Crippen LogP contribution in [0.2, 0.25) is 5.02 Å². The molecule has 0 spiro atoms. The van der Waals surface area contributed by atoms with E-state index in [0.29, 0.717) is 16.6 Å². The Kier molecular flexibility index (Phi) is 3.43. The minimum Gasteiger partial charge on any atom is -0.380 e. The number of aryl methyl sites for hydroxylation is 2. The highest BCUT2D eigenvalue weighted by atomic mass is 35.5. The molecule has 0 radical (unpaired) electrons. The molecule has 0 unspecified atom stereocenters. The Morgan fingerprint density at radius 3 is 2.52 bits per heavy atom. The first-order valence-electron chi connectivity index (χ1n) is 6.65. The number of benzene rings is 2. The molecule has 21 heavy (non-hydrogen) atoms. The topological polar surface area (TPSA) is 52.0 Å². The summed E-state index contributed by atoms with van der Waals surface area (Å²) in [5.74, 6) is 0.975. The fourth-order valence-electron chi connectivity index (χ4n) is 2.40. The third-order valence-electron chi connectivity index (χ3n) is 3.50. The van der Waals surface area contributed by atoms with Crippen molar-refractivity contribution in [2.45, 2.75) is 13.8 Å². The second-order valence-corrected chi connectivity index (χ2v) is 5.48. The maximum absolute atomic E-state index is 6.34. The quantitative estimate of drug-likeness (QED) is 0.735. The summed E-state index contributed by atoms with van der Waals surface area (Å²) in [6.07, 6.45) is 0. The Bertz CT molecular complexity index is 808. The van der Waals surface area contributed by atoms with Gasteiger partial charge in [-0.15, -0.1) is 0 Å². The molecule has 0 fully saturated rings. The zero-order valence-corrected chi connectivity index (χ0v) is 12.6. The van der Waals surface area contributed by atoms with E-state index < -0.39 is 0 Å². The van der Waals surface area contributed by atoms with Crippen molar-refractivity contribution in [3.63, 3.8) is 0 Å². The number of hydrogen-bond acceptors (Lipinski definition) is 3. The Morgan fingerprint density at radius 1 is 1.05 bits per heavy atom. The van der Waals surface area contributed by atoms with Crippen molar-refractivity contribution in [3.8, 4) is 22.5 Å². The van der Waals surface area contributed by atoms with Gasteiger partial charge in [0.15, 0.2) is 11.6 Å². The molecule has 0 saturated carbocycles. The maximum atomic E-state index is 6.34. The molecule has 1 aromatic heterocycles. The fourth-order valence-corrected chi connectivity index (χ4v) is 2.73. The lowest BCUT2D eigenvalue weighted by molar-refractivity contribution is 0.436. The van der Waals surface area contributed by atoms with E-state index in [0.717, 1.165) is 27.8 Å². The number of nitrogens with two attached hydrogens (primary N) is 1. The van der Waals surface area contributed by atoms with E-state index in [1.54, 1.807) is 0 Å². The van der Waals surface area contributed by atoms with E-state index in [1.807, 2.05) is 56.3 Å². The van der Waals surface area contributed by atoms with Crippen molar-refractivity contribution in [3.05, 3.63) is 58.6 Å². The summed E-state index contributed by atoms with van der Waals surface area (Å²) in [5.41, 5.74) is 10.8. The lowest BCUT2D eigenvalue weighted by Crippen LogP contribution is -1.91. The van der Waals surface area contributed by atoms with Crippen molar-refractivity contribution in [1.29, 1.82) is 0 Å². The molecule has 4 heteroatoms. The molecular weight excluding hydrogens is 284 g/mol. The number of halogens is 1. The predicted octanol–water partition coefficient (Wildman–Crippen LogP) is 4.86. The zero-order valence-electron chi connectivity index (χ0n) is 11.9. The molecule has 2 N–H and O–H groups in total. The van der Waals surface area contributed by atoms with Crippen LogP contribution in [0, 0.1) is 13.8 Å². The number of nitrogens with zero attached hydrogens (tertiary/aromatic N) is 1. The van der Waals surface area contributed by atoms with Crippen LogP contribution in [0.25, 0.3) is 22.5 Å². The van der Waals surface area contributed by atoms with Gasteiger partial charge in [-0.05, 0) is 42.7 Å².